The molecule has 13 heavy (non-hydrogen) atoms. The molecule has 0 aliphatic rings. The van der Waals surface area contributed by atoms with Crippen molar-refractivity contribution in [1.82, 2.24) is 4.98 Å². The molecular weight excluding hydrogens is 162 g/mol. The van der Waals surface area contributed by atoms with Crippen LogP contribution in [0.2, 0.25) is 0 Å². The molecule has 1 N–H and O–H groups in total. The van der Waals surface area contributed by atoms with Crippen LogP contribution < -0.4 is 5.56 Å². The van der Waals surface area contributed by atoms with Gasteiger partial charge >= 0.3 is 0 Å². The third kappa shape index (κ3) is 1.67. The zero-order valence-electron chi connectivity index (χ0n) is 7.03. The fourth-order valence-corrected chi connectivity index (χ4v) is 1.23. The van der Waals surface area contributed by atoms with Gasteiger partial charge in [-0.1, -0.05) is 36.4 Å². The van der Waals surface area contributed by atoms with Crippen molar-refractivity contribution in [3.05, 3.63) is 58.9 Å². The van der Waals surface area contributed by atoms with E-state index in [1.54, 1.807) is 6.07 Å². The smallest absolute Gasteiger partial charge is 0.248 e. The molecule has 0 unspecified atom stereocenters. The summed E-state index contributed by atoms with van der Waals surface area (Å²) in [4.78, 5) is 13.8. The molecule has 0 saturated heterocycles. The van der Waals surface area contributed by atoms with Crippen molar-refractivity contribution in [3.8, 4) is 11.3 Å². The van der Waals surface area contributed by atoms with Crippen molar-refractivity contribution in [3.63, 3.8) is 0 Å². The lowest BCUT2D eigenvalue weighted by atomic mass is 10.1. The predicted molar refractivity (Wildman–Crippen MR) is 54.6 cm³/mol. The fraction of sp³-hybridized carbons (Fsp3) is 0. The summed E-state index contributed by atoms with van der Waals surface area (Å²) in [5, 5.41) is 0. The number of aromatic amines is 1. The van der Waals surface area contributed by atoms with Gasteiger partial charge in [0.25, 0.3) is 0 Å². The second-order valence-electron chi connectivity index (χ2n) is 2.79. The summed E-state index contributed by atoms with van der Waals surface area (Å²) in [5.74, 6) is 0. The van der Waals surface area contributed by atoms with Gasteiger partial charge in [-0.2, -0.15) is 0 Å². The highest BCUT2D eigenvalue weighted by atomic mass is 16.1. The third-order valence-electron chi connectivity index (χ3n) is 1.85. The van der Waals surface area contributed by atoms with Gasteiger partial charge in [0.15, 0.2) is 0 Å². The number of aromatic nitrogens is 1. The van der Waals surface area contributed by atoms with Crippen molar-refractivity contribution in [2.75, 3.05) is 0 Å². The van der Waals surface area contributed by atoms with E-state index >= 15 is 0 Å². The Balaban J connectivity index is 0.000000980. The Labute approximate surface area is 77.4 Å². The summed E-state index contributed by atoms with van der Waals surface area (Å²) in [6.45, 7) is 0. The monoisotopic (exact) mass is 173 g/mol. The van der Waals surface area contributed by atoms with Crippen LogP contribution in [0.25, 0.3) is 11.3 Å². The van der Waals surface area contributed by atoms with Gasteiger partial charge in [0.1, 0.15) is 0 Å². The molecule has 2 nitrogen and oxygen atoms in total. The van der Waals surface area contributed by atoms with Crippen molar-refractivity contribution in [1.29, 1.82) is 0 Å². The molecule has 1 aromatic heterocycles. The number of pyridine rings is 1. The number of rotatable bonds is 1. The minimum atomic E-state index is -0.0682. The van der Waals surface area contributed by atoms with Crippen LogP contribution in [0.1, 0.15) is 1.43 Å². The normalized spacial score (nSPS) is 9.85. The summed E-state index contributed by atoms with van der Waals surface area (Å²) < 4.78 is 0. The lowest BCUT2D eigenvalue weighted by Gasteiger charge is -1.98. The fourth-order valence-electron chi connectivity index (χ4n) is 1.23. The average Bonchev–Trinajstić information content (AvgIpc) is 2.19. The van der Waals surface area contributed by atoms with Crippen LogP contribution in [0.15, 0.2) is 53.3 Å². The Hall–Kier alpha value is -1.83. The molecular formula is C11H11NO. The maximum atomic E-state index is 11.0. The molecule has 0 fully saturated rings. The van der Waals surface area contributed by atoms with E-state index in [4.69, 9.17) is 0 Å². The molecule has 0 saturated carbocycles. The summed E-state index contributed by atoms with van der Waals surface area (Å²) in [7, 11) is 0. The van der Waals surface area contributed by atoms with Crippen molar-refractivity contribution >= 4 is 0 Å². The summed E-state index contributed by atoms with van der Waals surface area (Å²) in [6, 6.07) is 14.9. The molecule has 2 rings (SSSR count). The van der Waals surface area contributed by atoms with Gasteiger partial charge in [-0.15, -0.1) is 0 Å². The van der Waals surface area contributed by atoms with Gasteiger partial charge in [0.05, 0.1) is 0 Å². The van der Waals surface area contributed by atoms with E-state index in [-0.39, 0.29) is 6.99 Å². The number of H-pyrrole nitrogens is 1. The van der Waals surface area contributed by atoms with Gasteiger partial charge in [0.2, 0.25) is 5.56 Å². The van der Waals surface area contributed by atoms with E-state index in [2.05, 4.69) is 4.98 Å². The van der Waals surface area contributed by atoms with Gasteiger partial charge in [-0.25, -0.2) is 0 Å². The predicted octanol–water partition coefficient (Wildman–Crippen LogP) is 2.29. The van der Waals surface area contributed by atoms with Crippen LogP contribution in [0.3, 0.4) is 0 Å². The molecule has 0 spiro atoms. The van der Waals surface area contributed by atoms with Crippen LogP contribution in [-0.4, -0.2) is 4.98 Å². The highest BCUT2D eigenvalue weighted by Gasteiger charge is 1.94. The first kappa shape index (κ1) is 7.80. The van der Waals surface area contributed by atoms with E-state index in [1.807, 2.05) is 36.4 Å². The Morgan fingerprint density at radius 3 is 2.38 bits per heavy atom. The number of hydrogen-bond donors (Lipinski definition) is 1. The largest absolute Gasteiger partial charge is 0.322 e. The molecule has 0 aliphatic carbocycles. The van der Waals surface area contributed by atoms with Crippen LogP contribution in [0.5, 0.6) is 0 Å². The molecule has 0 amide bonds. The average molecular weight is 173 g/mol. The minimum absolute atomic E-state index is 0. The van der Waals surface area contributed by atoms with E-state index in [0.29, 0.717) is 0 Å². The van der Waals surface area contributed by atoms with Gasteiger partial charge in [-0.05, 0) is 11.6 Å². The summed E-state index contributed by atoms with van der Waals surface area (Å²) in [5.41, 5.74) is 1.81. The topological polar surface area (TPSA) is 32.9 Å². The third-order valence-corrected chi connectivity index (χ3v) is 1.85. The highest BCUT2D eigenvalue weighted by Crippen LogP contribution is 2.13. The molecule has 0 aliphatic heterocycles. The quantitative estimate of drug-likeness (QED) is 0.705. The SMILES string of the molecule is O=c1cccc(-c2ccccc2)[nH]1.[HH]. The van der Waals surface area contributed by atoms with E-state index < -0.39 is 0 Å². The molecule has 1 heterocycles. The van der Waals surface area contributed by atoms with Crippen LogP contribution in [-0.2, 0) is 0 Å². The second-order valence-corrected chi connectivity index (χ2v) is 2.79. The molecule has 2 heteroatoms. The Bertz CT molecular complexity index is 450. The van der Waals surface area contributed by atoms with Gasteiger partial charge < -0.3 is 4.98 Å². The van der Waals surface area contributed by atoms with E-state index in [0.717, 1.165) is 11.3 Å². The van der Waals surface area contributed by atoms with Gasteiger partial charge in [0, 0.05) is 13.2 Å². The Kier molecular flexibility index (Phi) is 1.96. The number of nitrogens with one attached hydrogen (secondary N) is 1. The number of benzene rings is 1. The first-order chi connectivity index (χ1) is 6.36. The lowest BCUT2D eigenvalue weighted by Crippen LogP contribution is -2.03. The maximum absolute atomic E-state index is 11.0. The van der Waals surface area contributed by atoms with Crippen molar-refractivity contribution < 1.29 is 1.43 Å². The van der Waals surface area contributed by atoms with Crippen LogP contribution >= 0.6 is 0 Å². The summed E-state index contributed by atoms with van der Waals surface area (Å²) in [6.07, 6.45) is 0. The van der Waals surface area contributed by atoms with E-state index in [9.17, 15) is 4.79 Å². The molecule has 1 aromatic carbocycles. The standard InChI is InChI=1S/C11H9NO.H2/c13-11-8-4-7-10(12-11)9-5-2-1-3-6-9;/h1-8H,(H,12,13);1H. The highest BCUT2D eigenvalue weighted by molar-refractivity contribution is 5.58. The molecule has 0 atom stereocenters. The van der Waals surface area contributed by atoms with E-state index in [1.165, 1.54) is 6.07 Å². The number of hydrogen-bond acceptors (Lipinski definition) is 1. The molecule has 0 bridgehead atoms. The van der Waals surface area contributed by atoms with Crippen LogP contribution in [0.4, 0.5) is 0 Å². The minimum Gasteiger partial charge on any atom is -0.322 e. The maximum Gasteiger partial charge on any atom is 0.248 e. The van der Waals surface area contributed by atoms with Crippen molar-refractivity contribution in [2.24, 2.45) is 0 Å². The van der Waals surface area contributed by atoms with Crippen LogP contribution in [0, 0.1) is 0 Å². The first-order valence-corrected chi connectivity index (χ1v) is 4.11. The zero-order chi connectivity index (χ0) is 9.10. The van der Waals surface area contributed by atoms with Crippen molar-refractivity contribution in [2.45, 2.75) is 0 Å². The lowest BCUT2D eigenvalue weighted by molar-refractivity contribution is 1.24. The Morgan fingerprint density at radius 1 is 0.923 bits per heavy atom. The first-order valence-electron chi connectivity index (χ1n) is 4.11. The molecule has 66 valence electrons. The molecule has 0 radical (unpaired) electrons. The van der Waals surface area contributed by atoms with Gasteiger partial charge in [-0.3, -0.25) is 4.79 Å². The second kappa shape index (κ2) is 3.27. The zero-order valence-corrected chi connectivity index (χ0v) is 7.03. The molecule has 2 aromatic rings. The summed E-state index contributed by atoms with van der Waals surface area (Å²) >= 11 is 0. The Morgan fingerprint density at radius 2 is 1.69 bits per heavy atom.